The summed E-state index contributed by atoms with van der Waals surface area (Å²) >= 11 is 0. The van der Waals surface area contributed by atoms with Crippen molar-refractivity contribution >= 4 is 11.9 Å². The molecule has 3 rings (SSSR count). The van der Waals surface area contributed by atoms with Crippen molar-refractivity contribution in [2.24, 2.45) is 0 Å². The minimum absolute atomic E-state index is 0.321. The molecule has 1 aromatic rings. The Morgan fingerprint density at radius 1 is 1.16 bits per heavy atom. The molecule has 1 saturated carbocycles. The first-order valence-corrected chi connectivity index (χ1v) is 9.02. The van der Waals surface area contributed by atoms with Crippen LogP contribution >= 0.6 is 0 Å². The molecule has 0 N–H and O–H groups in total. The number of nitrogens with zero attached hydrogens (tertiary/aromatic N) is 2. The standard InChI is InChI=1S/C20H24N2O3/c1-22(20(14-21)10-3-2-4-11-20)18(23)13-25-19(24)17-9-8-15-6-5-7-16(15)12-17/h8-9,12H,2-7,10-11,13H2,1H3. The smallest absolute Gasteiger partial charge is 0.338 e. The van der Waals surface area contributed by atoms with Crippen LogP contribution in [0.1, 0.15) is 60.0 Å². The molecule has 5 nitrogen and oxygen atoms in total. The maximum Gasteiger partial charge on any atom is 0.338 e. The molecule has 2 aliphatic carbocycles. The van der Waals surface area contributed by atoms with Crippen molar-refractivity contribution < 1.29 is 14.3 Å². The van der Waals surface area contributed by atoms with Crippen LogP contribution in [0.25, 0.3) is 0 Å². The van der Waals surface area contributed by atoms with Gasteiger partial charge in [-0.1, -0.05) is 25.3 Å². The number of esters is 1. The summed E-state index contributed by atoms with van der Waals surface area (Å²) in [6.07, 6.45) is 7.52. The number of likely N-dealkylation sites (N-methyl/N-ethyl adjacent to an activating group) is 1. The number of hydrogen-bond acceptors (Lipinski definition) is 4. The van der Waals surface area contributed by atoms with Crippen LogP contribution in [0, 0.1) is 11.3 Å². The lowest BCUT2D eigenvalue weighted by molar-refractivity contribution is -0.138. The highest BCUT2D eigenvalue weighted by molar-refractivity contribution is 5.91. The first-order valence-electron chi connectivity index (χ1n) is 9.02. The molecule has 0 radical (unpaired) electrons. The van der Waals surface area contributed by atoms with Crippen LogP contribution in [0.3, 0.4) is 0 Å². The van der Waals surface area contributed by atoms with Gasteiger partial charge in [-0.15, -0.1) is 0 Å². The lowest BCUT2D eigenvalue weighted by atomic mass is 9.81. The number of amides is 1. The molecule has 1 amide bonds. The van der Waals surface area contributed by atoms with E-state index in [0.717, 1.165) is 38.5 Å². The summed E-state index contributed by atoms with van der Waals surface area (Å²) < 4.78 is 5.21. The van der Waals surface area contributed by atoms with Crippen LogP contribution in [-0.2, 0) is 22.4 Å². The zero-order valence-electron chi connectivity index (χ0n) is 14.7. The van der Waals surface area contributed by atoms with Crippen molar-refractivity contribution in [3.63, 3.8) is 0 Å². The monoisotopic (exact) mass is 340 g/mol. The summed E-state index contributed by atoms with van der Waals surface area (Å²) in [4.78, 5) is 26.1. The number of fused-ring (bicyclic) bond motifs is 1. The summed E-state index contributed by atoms with van der Waals surface area (Å²) in [5.74, 6) is -0.802. The van der Waals surface area contributed by atoms with Gasteiger partial charge in [0.05, 0.1) is 11.6 Å². The third-order valence-corrected chi connectivity index (χ3v) is 5.57. The first-order chi connectivity index (χ1) is 12.1. The van der Waals surface area contributed by atoms with Crippen LogP contribution in [0.2, 0.25) is 0 Å². The number of carbonyl (C=O) groups is 2. The van der Waals surface area contributed by atoms with E-state index in [1.807, 2.05) is 12.1 Å². The largest absolute Gasteiger partial charge is 0.452 e. The highest BCUT2D eigenvalue weighted by Gasteiger charge is 2.39. The van der Waals surface area contributed by atoms with E-state index in [4.69, 9.17) is 4.74 Å². The van der Waals surface area contributed by atoms with E-state index in [-0.39, 0.29) is 12.5 Å². The maximum atomic E-state index is 12.4. The fraction of sp³-hybridized carbons (Fsp3) is 0.550. The molecule has 1 aromatic carbocycles. The predicted octanol–water partition coefficient (Wildman–Crippen LogP) is 3.02. The van der Waals surface area contributed by atoms with Crippen LogP contribution in [0.5, 0.6) is 0 Å². The van der Waals surface area contributed by atoms with Crippen molar-refractivity contribution in [1.29, 1.82) is 5.26 Å². The van der Waals surface area contributed by atoms with E-state index in [0.29, 0.717) is 18.4 Å². The average Bonchev–Trinajstić information content (AvgIpc) is 3.13. The third kappa shape index (κ3) is 3.53. The van der Waals surface area contributed by atoms with E-state index in [1.165, 1.54) is 16.0 Å². The number of nitriles is 1. The van der Waals surface area contributed by atoms with Gasteiger partial charge in [0, 0.05) is 7.05 Å². The topological polar surface area (TPSA) is 70.4 Å². The molecule has 0 unspecified atom stereocenters. The van der Waals surface area contributed by atoms with Crippen LogP contribution in [0.15, 0.2) is 18.2 Å². The number of rotatable bonds is 4. The molecule has 0 aromatic heterocycles. The van der Waals surface area contributed by atoms with Crippen molar-refractivity contribution in [2.75, 3.05) is 13.7 Å². The fourth-order valence-electron chi connectivity index (χ4n) is 3.90. The van der Waals surface area contributed by atoms with E-state index >= 15 is 0 Å². The van der Waals surface area contributed by atoms with Crippen LogP contribution in [0.4, 0.5) is 0 Å². The summed E-state index contributed by atoms with van der Waals surface area (Å²) in [6, 6.07) is 7.92. The van der Waals surface area contributed by atoms with Gasteiger partial charge < -0.3 is 9.64 Å². The molecule has 0 atom stereocenters. The van der Waals surface area contributed by atoms with Gasteiger partial charge in [0.15, 0.2) is 6.61 Å². The minimum Gasteiger partial charge on any atom is -0.452 e. The Morgan fingerprint density at radius 2 is 1.88 bits per heavy atom. The van der Waals surface area contributed by atoms with Crippen LogP contribution in [-0.4, -0.2) is 36.0 Å². The second kappa shape index (κ2) is 7.26. The van der Waals surface area contributed by atoms with Crippen molar-refractivity contribution in [3.8, 4) is 6.07 Å². The molecule has 0 bridgehead atoms. The average molecular weight is 340 g/mol. The molecular formula is C20H24N2O3. The molecular weight excluding hydrogens is 316 g/mol. The molecule has 0 heterocycles. The highest BCUT2D eigenvalue weighted by atomic mass is 16.5. The maximum absolute atomic E-state index is 12.4. The van der Waals surface area contributed by atoms with Gasteiger partial charge in [0.2, 0.25) is 0 Å². The lowest BCUT2D eigenvalue weighted by Crippen LogP contribution is -2.51. The molecule has 1 fully saturated rings. The van der Waals surface area contributed by atoms with Gasteiger partial charge in [0.25, 0.3) is 5.91 Å². The normalized spacial score (nSPS) is 18.1. The predicted molar refractivity (Wildman–Crippen MR) is 92.9 cm³/mol. The quantitative estimate of drug-likeness (QED) is 0.790. The van der Waals surface area contributed by atoms with Gasteiger partial charge >= 0.3 is 5.97 Å². The Balaban J connectivity index is 1.60. The van der Waals surface area contributed by atoms with Crippen molar-refractivity contribution in [1.82, 2.24) is 4.90 Å². The Morgan fingerprint density at radius 3 is 2.60 bits per heavy atom. The number of benzene rings is 1. The van der Waals surface area contributed by atoms with Crippen molar-refractivity contribution in [2.45, 2.75) is 56.9 Å². The first kappa shape index (κ1) is 17.5. The number of ether oxygens (including phenoxy) is 1. The Kier molecular flexibility index (Phi) is 5.08. The molecule has 5 heteroatoms. The molecule has 0 aliphatic heterocycles. The Bertz CT molecular complexity index is 714. The molecule has 25 heavy (non-hydrogen) atoms. The molecule has 0 spiro atoms. The van der Waals surface area contributed by atoms with Gasteiger partial charge in [0.1, 0.15) is 5.54 Å². The van der Waals surface area contributed by atoms with Gasteiger partial charge in [-0.05, 0) is 55.4 Å². The summed E-state index contributed by atoms with van der Waals surface area (Å²) in [7, 11) is 1.64. The SMILES string of the molecule is CN(C(=O)COC(=O)c1ccc2c(c1)CCC2)C1(C#N)CCCCC1. The van der Waals surface area contributed by atoms with E-state index in [2.05, 4.69) is 6.07 Å². The van der Waals surface area contributed by atoms with Gasteiger partial charge in [-0.25, -0.2) is 4.79 Å². The zero-order chi connectivity index (χ0) is 17.9. The van der Waals surface area contributed by atoms with Crippen LogP contribution < -0.4 is 0 Å². The molecule has 0 saturated heterocycles. The second-order valence-electron chi connectivity index (χ2n) is 7.07. The minimum atomic E-state index is -0.755. The summed E-state index contributed by atoms with van der Waals surface area (Å²) in [5.41, 5.74) is 2.22. The van der Waals surface area contributed by atoms with E-state index in [1.54, 1.807) is 13.1 Å². The van der Waals surface area contributed by atoms with E-state index in [9.17, 15) is 14.9 Å². The summed E-state index contributed by atoms with van der Waals surface area (Å²) in [6.45, 7) is -0.324. The fourth-order valence-corrected chi connectivity index (χ4v) is 3.90. The van der Waals surface area contributed by atoms with Gasteiger partial charge in [-0.3, -0.25) is 4.79 Å². The Hall–Kier alpha value is -2.35. The highest BCUT2D eigenvalue weighted by Crippen LogP contribution is 2.32. The molecule has 2 aliphatic rings. The van der Waals surface area contributed by atoms with Crippen molar-refractivity contribution in [3.05, 3.63) is 34.9 Å². The molecule has 132 valence electrons. The number of hydrogen-bond donors (Lipinski definition) is 0. The Labute approximate surface area is 148 Å². The number of aryl methyl sites for hydroxylation is 2. The third-order valence-electron chi connectivity index (χ3n) is 5.57. The van der Waals surface area contributed by atoms with E-state index < -0.39 is 11.5 Å². The zero-order valence-corrected chi connectivity index (χ0v) is 14.7. The number of carbonyl (C=O) groups excluding carboxylic acids is 2. The lowest BCUT2D eigenvalue weighted by Gasteiger charge is -2.38. The summed E-state index contributed by atoms with van der Waals surface area (Å²) in [5, 5.41) is 9.55. The van der Waals surface area contributed by atoms with Gasteiger partial charge in [-0.2, -0.15) is 5.26 Å². The second-order valence-corrected chi connectivity index (χ2v) is 7.07.